The van der Waals surface area contributed by atoms with E-state index in [0.29, 0.717) is 56.8 Å². The van der Waals surface area contributed by atoms with E-state index in [4.69, 9.17) is 14.2 Å². The summed E-state index contributed by atoms with van der Waals surface area (Å²) in [6.45, 7) is 5.46. The standard InChI is InChI=1S/C14H20N4O4/c1-20-13(19)11-10-15-14(18-4-8-22-9-5-18)16-12(11)17-2-6-21-7-3-17/h10H,2-9H2,1H3. The average molecular weight is 308 g/mol. The molecule has 0 N–H and O–H groups in total. The van der Waals surface area contributed by atoms with E-state index < -0.39 is 5.97 Å². The van der Waals surface area contributed by atoms with E-state index >= 15 is 0 Å². The van der Waals surface area contributed by atoms with Crippen molar-refractivity contribution in [1.29, 1.82) is 0 Å². The summed E-state index contributed by atoms with van der Waals surface area (Å²) < 4.78 is 15.6. The topological polar surface area (TPSA) is 77.0 Å². The van der Waals surface area contributed by atoms with E-state index in [9.17, 15) is 4.79 Å². The lowest BCUT2D eigenvalue weighted by Crippen LogP contribution is -2.40. The molecule has 2 aliphatic heterocycles. The van der Waals surface area contributed by atoms with Crippen molar-refractivity contribution in [1.82, 2.24) is 9.97 Å². The van der Waals surface area contributed by atoms with E-state index in [1.165, 1.54) is 7.11 Å². The van der Waals surface area contributed by atoms with Crippen LogP contribution in [0.2, 0.25) is 0 Å². The highest BCUT2D eigenvalue weighted by Crippen LogP contribution is 2.22. The lowest BCUT2D eigenvalue weighted by Gasteiger charge is -2.31. The highest BCUT2D eigenvalue weighted by Gasteiger charge is 2.24. The molecule has 1 aromatic heterocycles. The van der Waals surface area contributed by atoms with Crippen LogP contribution in [0.3, 0.4) is 0 Å². The van der Waals surface area contributed by atoms with Gasteiger partial charge in [0.1, 0.15) is 11.4 Å². The van der Waals surface area contributed by atoms with Gasteiger partial charge in [-0.25, -0.2) is 9.78 Å². The first-order valence-corrected chi connectivity index (χ1v) is 7.40. The summed E-state index contributed by atoms with van der Waals surface area (Å²) in [6, 6.07) is 0. The Morgan fingerprint density at radius 2 is 1.68 bits per heavy atom. The minimum absolute atomic E-state index is 0.390. The van der Waals surface area contributed by atoms with E-state index in [1.807, 2.05) is 4.90 Å². The smallest absolute Gasteiger partial charge is 0.343 e. The lowest BCUT2D eigenvalue weighted by molar-refractivity contribution is 0.0599. The van der Waals surface area contributed by atoms with E-state index in [-0.39, 0.29) is 0 Å². The molecule has 0 aliphatic carbocycles. The van der Waals surface area contributed by atoms with Crippen molar-refractivity contribution in [3.8, 4) is 0 Å². The molecule has 3 rings (SSSR count). The van der Waals surface area contributed by atoms with Gasteiger partial charge < -0.3 is 24.0 Å². The molecule has 2 saturated heterocycles. The Bertz CT molecular complexity index is 528. The van der Waals surface area contributed by atoms with E-state index in [1.54, 1.807) is 6.20 Å². The maximum Gasteiger partial charge on any atom is 0.343 e. The van der Waals surface area contributed by atoms with Gasteiger partial charge in [0.05, 0.1) is 33.5 Å². The fourth-order valence-corrected chi connectivity index (χ4v) is 2.55. The van der Waals surface area contributed by atoms with Crippen LogP contribution in [0.1, 0.15) is 10.4 Å². The largest absolute Gasteiger partial charge is 0.465 e. The average Bonchev–Trinajstić information content (AvgIpc) is 2.62. The quantitative estimate of drug-likeness (QED) is 0.719. The van der Waals surface area contributed by atoms with Crippen LogP contribution in [-0.2, 0) is 14.2 Å². The maximum atomic E-state index is 12.0. The molecule has 22 heavy (non-hydrogen) atoms. The van der Waals surface area contributed by atoms with E-state index in [0.717, 1.165) is 13.1 Å². The Morgan fingerprint density at radius 3 is 2.27 bits per heavy atom. The number of ether oxygens (including phenoxy) is 3. The highest BCUT2D eigenvalue weighted by atomic mass is 16.5. The summed E-state index contributed by atoms with van der Waals surface area (Å²) in [4.78, 5) is 25.0. The SMILES string of the molecule is COC(=O)c1cnc(N2CCOCC2)nc1N1CCOCC1. The van der Waals surface area contributed by atoms with Crippen molar-refractivity contribution in [3.63, 3.8) is 0 Å². The zero-order valence-electron chi connectivity index (χ0n) is 12.7. The molecular formula is C14H20N4O4. The summed E-state index contributed by atoms with van der Waals surface area (Å²) in [5, 5.41) is 0. The number of esters is 1. The fourth-order valence-electron chi connectivity index (χ4n) is 2.55. The van der Waals surface area contributed by atoms with Crippen molar-refractivity contribution in [2.24, 2.45) is 0 Å². The predicted molar refractivity (Wildman–Crippen MR) is 79.4 cm³/mol. The van der Waals surface area contributed by atoms with Crippen molar-refractivity contribution in [3.05, 3.63) is 11.8 Å². The third-order valence-electron chi connectivity index (χ3n) is 3.77. The molecule has 0 unspecified atom stereocenters. The normalized spacial score (nSPS) is 19.1. The van der Waals surface area contributed by atoms with Gasteiger partial charge in [0.25, 0.3) is 0 Å². The molecule has 8 nitrogen and oxygen atoms in total. The van der Waals surface area contributed by atoms with Crippen LogP contribution in [0.4, 0.5) is 11.8 Å². The van der Waals surface area contributed by atoms with Crippen molar-refractivity contribution in [2.45, 2.75) is 0 Å². The van der Waals surface area contributed by atoms with Gasteiger partial charge in [0.15, 0.2) is 0 Å². The zero-order chi connectivity index (χ0) is 15.4. The fraction of sp³-hybridized carbons (Fsp3) is 0.643. The third kappa shape index (κ3) is 3.12. The number of carbonyl (C=O) groups is 1. The van der Waals surface area contributed by atoms with Gasteiger partial charge in [0.2, 0.25) is 5.95 Å². The number of hydrogen-bond donors (Lipinski definition) is 0. The van der Waals surface area contributed by atoms with Gasteiger partial charge in [-0.15, -0.1) is 0 Å². The first-order valence-electron chi connectivity index (χ1n) is 7.40. The number of nitrogens with zero attached hydrogens (tertiary/aromatic N) is 4. The minimum atomic E-state index is -0.421. The first kappa shape index (κ1) is 15.0. The van der Waals surface area contributed by atoms with Crippen LogP contribution in [0.15, 0.2) is 6.20 Å². The molecule has 1 aromatic rings. The van der Waals surface area contributed by atoms with Gasteiger partial charge in [-0.3, -0.25) is 0 Å². The number of aromatic nitrogens is 2. The Hall–Kier alpha value is -1.93. The second-order valence-electron chi connectivity index (χ2n) is 5.10. The van der Waals surface area contributed by atoms with Gasteiger partial charge in [-0.05, 0) is 0 Å². The summed E-state index contributed by atoms with van der Waals surface area (Å²) in [6.07, 6.45) is 1.55. The maximum absolute atomic E-state index is 12.0. The third-order valence-corrected chi connectivity index (χ3v) is 3.77. The molecular weight excluding hydrogens is 288 g/mol. The number of methoxy groups -OCH3 is 1. The number of carbonyl (C=O) groups excluding carboxylic acids is 1. The van der Waals surface area contributed by atoms with Crippen molar-refractivity contribution >= 4 is 17.7 Å². The molecule has 0 bridgehead atoms. The minimum Gasteiger partial charge on any atom is -0.465 e. The van der Waals surface area contributed by atoms with Gasteiger partial charge >= 0.3 is 5.97 Å². The number of rotatable bonds is 3. The number of anilines is 2. The van der Waals surface area contributed by atoms with Gasteiger partial charge in [-0.1, -0.05) is 0 Å². The Labute approximate surface area is 129 Å². The zero-order valence-corrected chi connectivity index (χ0v) is 12.7. The molecule has 0 amide bonds. The molecule has 2 fully saturated rings. The second kappa shape index (κ2) is 6.89. The molecule has 8 heteroatoms. The predicted octanol–water partition coefficient (Wildman–Crippen LogP) is -0.0636. The molecule has 0 spiro atoms. The summed E-state index contributed by atoms with van der Waals surface area (Å²) in [5.74, 6) is 0.819. The molecule has 3 heterocycles. The van der Waals surface area contributed by atoms with Crippen LogP contribution >= 0.6 is 0 Å². The number of hydrogen-bond acceptors (Lipinski definition) is 8. The van der Waals surface area contributed by atoms with Crippen LogP contribution < -0.4 is 9.80 Å². The highest BCUT2D eigenvalue weighted by molar-refractivity contribution is 5.94. The van der Waals surface area contributed by atoms with Crippen LogP contribution in [0.5, 0.6) is 0 Å². The van der Waals surface area contributed by atoms with E-state index in [2.05, 4.69) is 14.9 Å². The molecule has 0 atom stereocenters. The number of morpholine rings is 2. The second-order valence-corrected chi connectivity index (χ2v) is 5.10. The Kier molecular flexibility index (Phi) is 4.69. The summed E-state index contributed by atoms with van der Waals surface area (Å²) in [7, 11) is 1.36. The summed E-state index contributed by atoms with van der Waals surface area (Å²) in [5.41, 5.74) is 0.390. The monoisotopic (exact) mass is 308 g/mol. The van der Waals surface area contributed by atoms with Crippen LogP contribution in [0, 0.1) is 0 Å². The Balaban J connectivity index is 1.92. The Morgan fingerprint density at radius 1 is 1.09 bits per heavy atom. The molecule has 0 aromatic carbocycles. The van der Waals surface area contributed by atoms with Gasteiger partial charge in [0, 0.05) is 32.4 Å². The lowest BCUT2D eigenvalue weighted by atomic mass is 10.2. The van der Waals surface area contributed by atoms with Gasteiger partial charge in [-0.2, -0.15) is 4.98 Å². The molecule has 2 aliphatic rings. The van der Waals surface area contributed by atoms with Crippen molar-refractivity contribution < 1.29 is 19.0 Å². The van der Waals surface area contributed by atoms with Crippen LogP contribution in [0.25, 0.3) is 0 Å². The van der Waals surface area contributed by atoms with Crippen LogP contribution in [-0.4, -0.2) is 75.7 Å². The molecule has 0 saturated carbocycles. The molecule has 120 valence electrons. The molecule has 0 radical (unpaired) electrons. The summed E-state index contributed by atoms with van der Waals surface area (Å²) >= 11 is 0. The van der Waals surface area contributed by atoms with Crippen molar-refractivity contribution in [2.75, 3.05) is 69.5 Å². The first-order chi connectivity index (χ1) is 10.8.